The maximum atomic E-state index is 14.6. The van der Waals surface area contributed by atoms with Crippen molar-refractivity contribution in [1.29, 1.82) is 0 Å². The standard InChI is InChI=1S/C43H40N4O7S/c1-44(30-11-5-3-6-12-30)32-17-19-34-37(27-32)53-38-28-33(45(2)31-13-7-4-8-14-31)18-20-35(38)42(34)36-15-9-10-16-39(36)55(51,52)46-25-23-29(24-26-46)43(50)54-47-40(48)21-22-41(47)49/h3-20,27-29,32H,21-26H2,1-2H3/p+1. The van der Waals surface area contributed by atoms with Crippen LogP contribution in [0.2, 0.25) is 0 Å². The van der Waals surface area contributed by atoms with Crippen LogP contribution in [0, 0.1) is 5.92 Å². The van der Waals surface area contributed by atoms with Crippen LogP contribution in [0.5, 0.6) is 5.75 Å². The van der Waals surface area contributed by atoms with Gasteiger partial charge in [0.05, 0.1) is 17.9 Å². The lowest BCUT2D eigenvalue weighted by Crippen LogP contribution is -3.07. The number of rotatable bonds is 9. The number of nitrogens with one attached hydrogen (secondary N) is 1. The zero-order chi connectivity index (χ0) is 38.3. The quantitative estimate of drug-likeness (QED) is 0.228. The average Bonchev–Trinajstić information content (AvgIpc) is 3.54. The number of sulfonamides is 1. The van der Waals surface area contributed by atoms with Gasteiger partial charge in [-0.15, -0.1) is 5.06 Å². The number of para-hydroxylation sites is 2. The Balaban J connectivity index is 1.14. The first-order valence-corrected chi connectivity index (χ1v) is 19.9. The van der Waals surface area contributed by atoms with Gasteiger partial charge in [0.2, 0.25) is 10.0 Å². The summed E-state index contributed by atoms with van der Waals surface area (Å²) in [6.45, 7) is 0.140. The monoisotopic (exact) mass is 757 g/mol. The Kier molecular flexibility index (Phi) is 9.72. The molecule has 2 fully saturated rings. The third kappa shape index (κ3) is 6.88. The van der Waals surface area contributed by atoms with Crippen LogP contribution in [0.4, 0.5) is 17.1 Å². The number of carbonyl (C=O) groups is 3. The van der Waals surface area contributed by atoms with Crippen molar-refractivity contribution in [3.63, 3.8) is 0 Å². The second kappa shape index (κ2) is 14.8. The zero-order valence-electron chi connectivity index (χ0n) is 30.6. The number of imide groups is 1. The van der Waals surface area contributed by atoms with Gasteiger partial charge >= 0.3 is 5.97 Å². The molecule has 4 aromatic carbocycles. The number of anilines is 2. The normalized spacial score (nSPS) is 19.3. The van der Waals surface area contributed by atoms with E-state index in [1.165, 1.54) is 4.31 Å². The molecule has 2 amide bonds. The Morgan fingerprint density at radius 2 is 1.49 bits per heavy atom. The number of fused-ring (bicyclic) bond motifs is 2. The minimum atomic E-state index is -4.06. The molecule has 3 aliphatic heterocycles. The van der Waals surface area contributed by atoms with Gasteiger partial charge in [-0.1, -0.05) is 54.6 Å². The molecule has 2 atom stereocenters. The van der Waals surface area contributed by atoms with Crippen molar-refractivity contribution in [1.82, 2.24) is 9.37 Å². The molecule has 0 aromatic heterocycles. The van der Waals surface area contributed by atoms with Gasteiger partial charge < -0.3 is 14.5 Å². The molecule has 1 N–H and O–H groups in total. The first-order valence-electron chi connectivity index (χ1n) is 18.4. The molecule has 0 radical (unpaired) electrons. The van der Waals surface area contributed by atoms with Crippen molar-refractivity contribution < 1.29 is 37.3 Å². The number of amides is 2. The van der Waals surface area contributed by atoms with Crippen molar-refractivity contribution in [2.75, 3.05) is 32.1 Å². The lowest BCUT2D eigenvalue weighted by Gasteiger charge is -2.33. The number of nitrogens with zero attached hydrogens (tertiary/aromatic N) is 3. The highest BCUT2D eigenvalue weighted by atomic mass is 32.2. The molecule has 11 nitrogen and oxygen atoms in total. The molecular weight excluding hydrogens is 717 g/mol. The second-order valence-electron chi connectivity index (χ2n) is 14.1. The number of likely N-dealkylation sites (N-methyl/N-ethyl adjacent to an activating group) is 1. The van der Waals surface area contributed by atoms with E-state index in [2.05, 4.69) is 36.2 Å². The summed E-state index contributed by atoms with van der Waals surface area (Å²) in [6.07, 6.45) is 6.63. The van der Waals surface area contributed by atoms with Gasteiger partial charge in [0.1, 0.15) is 23.2 Å². The highest BCUT2D eigenvalue weighted by molar-refractivity contribution is 7.89. The van der Waals surface area contributed by atoms with Crippen LogP contribution >= 0.6 is 0 Å². The fourth-order valence-electron chi connectivity index (χ4n) is 7.61. The molecule has 0 bridgehead atoms. The van der Waals surface area contributed by atoms with Crippen LogP contribution in [0.15, 0.2) is 138 Å². The van der Waals surface area contributed by atoms with Gasteiger partial charge in [-0.2, -0.15) is 4.31 Å². The van der Waals surface area contributed by atoms with Crippen molar-refractivity contribution in [3.8, 4) is 5.75 Å². The van der Waals surface area contributed by atoms with E-state index in [-0.39, 0.29) is 49.7 Å². The molecular formula is C43H41N4O7S+. The molecule has 2 saturated heterocycles. The number of benzene rings is 4. The molecule has 3 heterocycles. The summed E-state index contributed by atoms with van der Waals surface area (Å²) in [4.78, 5) is 45.4. The molecule has 0 spiro atoms. The number of ether oxygens (including phenoxy) is 1. The Morgan fingerprint density at radius 3 is 2.20 bits per heavy atom. The third-order valence-electron chi connectivity index (χ3n) is 10.8. The van der Waals surface area contributed by atoms with E-state index in [0.717, 1.165) is 38.7 Å². The molecule has 1 aliphatic carbocycles. The summed E-state index contributed by atoms with van der Waals surface area (Å²) < 4.78 is 37.3. The Morgan fingerprint density at radius 1 is 0.836 bits per heavy atom. The number of carbonyl (C=O) groups excluding carboxylic acids is 3. The summed E-state index contributed by atoms with van der Waals surface area (Å²) in [6, 6.07) is 33.2. The van der Waals surface area contributed by atoms with Gasteiger partial charge in [-0.3, -0.25) is 14.5 Å². The Hall–Kier alpha value is -5.82. The fourth-order valence-corrected chi connectivity index (χ4v) is 9.27. The Labute approximate surface area is 320 Å². The van der Waals surface area contributed by atoms with Crippen LogP contribution < -0.4 is 14.5 Å². The molecule has 55 heavy (non-hydrogen) atoms. The van der Waals surface area contributed by atoms with E-state index in [4.69, 9.17) is 9.57 Å². The maximum Gasteiger partial charge on any atom is 0.336 e. The molecule has 280 valence electrons. The van der Waals surface area contributed by atoms with Crippen molar-refractivity contribution in [2.45, 2.75) is 36.6 Å². The van der Waals surface area contributed by atoms with Crippen molar-refractivity contribution in [2.24, 2.45) is 5.92 Å². The predicted molar refractivity (Wildman–Crippen MR) is 207 cm³/mol. The number of hydrogen-bond acceptors (Lipinski definition) is 8. The summed E-state index contributed by atoms with van der Waals surface area (Å²) in [5.74, 6) is -1.20. The molecule has 4 aromatic rings. The van der Waals surface area contributed by atoms with Crippen molar-refractivity contribution in [3.05, 3.63) is 144 Å². The predicted octanol–water partition coefficient (Wildman–Crippen LogP) is 5.33. The second-order valence-corrected chi connectivity index (χ2v) is 16.0. The summed E-state index contributed by atoms with van der Waals surface area (Å²) in [5.41, 5.74) is 5.86. The summed E-state index contributed by atoms with van der Waals surface area (Å²) in [5, 5.41) is 0.538. The first-order chi connectivity index (χ1) is 26.6. The number of allylic oxidation sites excluding steroid dienone is 1. The van der Waals surface area contributed by atoms with Crippen LogP contribution in [0.1, 0.15) is 36.8 Å². The van der Waals surface area contributed by atoms with E-state index >= 15 is 0 Å². The lowest BCUT2D eigenvalue weighted by atomic mass is 9.86. The minimum absolute atomic E-state index is 0.00227. The van der Waals surface area contributed by atoms with Gasteiger partial charge in [0, 0.05) is 78.8 Å². The zero-order valence-corrected chi connectivity index (χ0v) is 31.4. The number of quaternary nitrogens is 1. The summed E-state index contributed by atoms with van der Waals surface area (Å²) >= 11 is 0. The van der Waals surface area contributed by atoms with Crippen LogP contribution in [0.3, 0.4) is 0 Å². The minimum Gasteiger partial charge on any atom is -0.456 e. The van der Waals surface area contributed by atoms with Gasteiger partial charge in [-0.05, 0) is 67.5 Å². The van der Waals surface area contributed by atoms with Crippen molar-refractivity contribution >= 4 is 50.4 Å². The van der Waals surface area contributed by atoms with Crippen LogP contribution in [0.25, 0.3) is 5.57 Å². The van der Waals surface area contributed by atoms with E-state index < -0.39 is 33.7 Å². The first kappa shape index (κ1) is 36.2. The largest absolute Gasteiger partial charge is 0.456 e. The Bertz CT molecular complexity index is 2350. The highest BCUT2D eigenvalue weighted by Crippen LogP contribution is 2.46. The highest BCUT2D eigenvalue weighted by Gasteiger charge is 2.39. The molecule has 2 unspecified atom stereocenters. The molecule has 12 heteroatoms. The maximum absolute atomic E-state index is 14.6. The number of piperidine rings is 1. The smallest absolute Gasteiger partial charge is 0.336 e. The number of hydroxylamine groups is 2. The fraction of sp³-hybridized carbons (Fsp3) is 0.233. The molecule has 8 rings (SSSR count). The van der Waals surface area contributed by atoms with Gasteiger partial charge in [-0.25, -0.2) is 13.2 Å². The topological polar surface area (TPSA) is 118 Å². The SMILES string of the molecule is CN(c1ccccc1)c1ccc2c(c1)OC1=CC([NH+](C)c3ccccc3)C=CC1=C2c1ccccc1S(=O)(=O)N1CCC(C(=O)ON2C(=O)CCC2=O)CC1. The van der Waals surface area contributed by atoms with E-state index in [1.54, 1.807) is 12.1 Å². The van der Waals surface area contributed by atoms with Crippen LogP contribution in [-0.2, 0) is 29.2 Å². The average molecular weight is 758 g/mol. The van der Waals surface area contributed by atoms with E-state index in [1.807, 2.05) is 92.0 Å². The van der Waals surface area contributed by atoms with Gasteiger partial charge in [0.15, 0.2) is 0 Å². The lowest BCUT2D eigenvalue weighted by molar-refractivity contribution is -0.823. The van der Waals surface area contributed by atoms with E-state index in [0.29, 0.717) is 22.1 Å². The van der Waals surface area contributed by atoms with Gasteiger partial charge in [0.25, 0.3) is 11.8 Å². The molecule has 0 saturated carbocycles. The third-order valence-corrected chi connectivity index (χ3v) is 12.8. The molecule has 4 aliphatic rings. The van der Waals surface area contributed by atoms with Crippen LogP contribution in [-0.4, -0.2) is 68.8 Å². The number of hydrogen-bond donors (Lipinski definition) is 1. The summed E-state index contributed by atoms with van der Waals surface area (Å²) in [7, 11) is 0.0456. The van der Waals surface area contributed by atoms with E-state index in [9.17, 15) is 22.8 Å².